The van der Waals surface area contributed by atoms with Crippen LogP contribution in [0.15, 0.2) is 54.7 Å². The Hall–Kier alpha value is -3.82. The maximum atomic E-state index is 14.4. The van der Waals surface area contributed by atoms with Crippen molar-refractivity contribution in [2.24, 2.45) is 7.05 Å². The summed E-state index contributed by atoms with van der Waals surface area (Å²) in [5, 5.41) is 3.31. The van der Waals surface area contributed by atoms with E-state index in [0.29, 0.717) is 41.9 Å². The van der Waals surface area contributed by atoms with Crippen molar-refractivity contribution in [3.63, 3.8) is 0 Å². The number of hydrogen-bond donors (Lipinski definition) is 1. The highest BCUT2D eigenvalue weighted by Gasteiger charge is 2.21. The van der Waals surface area contributed by atoms with E-state index in [0.717, 1.165) is 23.1 Å². The van der Waals surface area contributed by atoms with Crippen LogP contribution >= 0.6 is 0 Å². The Morgan fingerprint density at radius 1 is 1.19 bits per heavy atom. The normalized spacial score (nSPS) is 15.4. The van der Waals surface area contributed by atoms with E-state index in [9.17, 15) is 9.18 Å². The first-order valence-electron chi connectivity index (χ1n) is 11.7. The second kappa shape index (κ2) is 10.4. The molecule has 36 heavy (non-hydrogen) atoms. The van der Waals surface area contributed by atoms with Gasteiger partial charge in [-0.15, -0.1) is 0 Å². The van der Waals surface area contributed by atoms with E-state index in [4.69, 9.17) is 19.2 Å². The lowest BCUT2D eigenvalue weighted by molar-refractivity contribution is -0.122. The molecule has 1 atom stereocenters. The van der Waals surface area contributed by atoms with Crippen molar-refractivity contribution in [1.29, 1.82) is 0 Å². The minimum Gasteiger partial charge on any atom is -0.457 e. The van der Waals surface area contributed by atoms with Crippen LogP contribution in [0.25, 0.3) is 11.0 Å². The number of rotatable bonds is 9. The number of nitrogens with one attached hydrogen (secondary N) is 1. The van der Waals surface area contributed by atoms with Gasteiger partial charge in [0.15, 0.2) is 5.78 Å². The Morgan fingerprint density at radius 3 is 2.86 bits per heavy atom. The first kappa shape index (κ1) is 23.9. The molecular formula is C27H27FN4O4. The number of fused-ring (bicyclic) bond motifs is 1. The second-order valence-corrected chi connectivity index (χ2v) is 8.80. The van der Waals surface area contributed by atoms with Crippen LogP contribution in [0.4, 0.5) is 16.0 Å². The summed E-state index contributed by atoms with van der Waals surface area (Å²) in [4.78, 5) is 20.8. The third kappa shape index (κ3) is 5.22. The Morgan fingerprint density at radius 2 is 2.06 bits per heavy atom. The number of Topliss-reactive ketones (excluding diaryl/α,β-unsaturated/α-hetero) is 1. The van der Waals surface area contributed by atoms with E-state index in [1.54, 1.807) is 24.4 Å². The molecule has 0 aliphatic carbocycles. The standard InChI is InChI=1S/C27H27FN4O4/c1-32-26-6-4-21(36-22-7-9-29-19(12-22)11-20(33)16-34-2)14-25(26)31-27(32)30-18-3-5-24(28)23(13-18)17-8-10-35-15-17/h3-7,9,12-14,17H,8,10-11,15-16H2,1-2H3,(H,30,31). The van der Waals surface area contributed by atoms with Crippen LogP contribution in [-0.4, -0.2) is 47.2 Å². The number of aryl methyl sites for hydroxylation is 1. The van der Waals surface area contributed by atoms with Crippen LogP contribution in [-0.2, 0) is 27.7 Å². The zero-order valence-corrected chi connectivity index (χ0v) is 20.2. The molecule has 0 radical (unpaired) electrons. The summed E-state index contributed by atoms with van der Waals surface area (Å²) >= 11 is 0. The molecule has 4 aromatic rings. The number of anilines is 2. The van der Waals surface area contributed by atoms with Crippen molar-refractivity contribution in [2.45, 2.75) is 18.8 Å². The molecule has 1 fully saturated rings. The van der Waals surface area contributed by atoms with Crippen molar-refractivity contribution in [1.82, 2.24) is 14.5 Å². The lowest BCUT2D eigenvalue weighted by atomic mass is 9.97. The minimum absolute atomic E-state index is 0.0493. The number of aromatic nitrogens is 3. The molecule has 0 spiro atoms. The van der Waals surface area contributed by atoms with Crippen LogP contribution < -0.4 is 10.1 Å². The topological polar surface area (TPSA) is 87.5 Å². The number of ether oxygens (including phenoxy) is 3. The van der Waals surface area contributed by atoms with Gasteiger partial charge in [-0.2, -0.15) is 0 Å². The molecule has 9 heteroatoms. The van der Waals surface area contributed by atoms with Gasteiger partial charge < -0.3 is 24.1 Å². The molecule has 0 amide bonds. The summed E-state index contributed by atoms with van der Waals surface area (Å²) in [6, 6.07) is 14.1. The average Bonchev–Trinajstić information content (AvgIpc) is 3.49. The molecule has 8 nitrogen and oxygen atoms in total. The van der Waals surface area contributed by atoms with Gasteiger partial charge in [0.25, 0.3) is 0 Å². The van der Waals surface area contributed by atoms with E-state index in [-0.39, 0.29) is 30.5 Å². The molecule has 1 N–H and O–H groups in total. The van der Waals surface area contributed by atoms with E-state index in [1.807, 2.05) is 35.9 Å². The zero-order chi connectivity index (χ0) is 25.1. The van der Waals surface area contributed by atoms with Crippen LogP contribution in [0.3, 0.4) is 0 Å². The van der Waals surface area contributed by atoms with Gasteiger partial charge >= 0.3 is 0 Å². The highest BCUT2D eigenvalue weighted by atomic mass is 19.1. The zero-order valence-electron chi connectivity index (χ0n) is 20.2. The molecule has 186 valence electrons. The highest BCUT2D eigenvalue weighted by molar-refractivity contribution is 5.82. The lowest BCUT2D eigenvalue weighted by Gasteiger charge is -2.12. The molecule has 0 saturated carbocycles. The Kier molecular flexibility index (Phi) is 6.92. The van der Waals surface area contributed by atoms with Gasteiger partial charge in [-0.1, -0.05) is 0 Å². The number of pyridine rings is 1. The number of nitrogens with zero attached hydrogens (tertiary/aromatic N) is 3. The number of carbonyl (C=O) groups excluding carboxylic acids is 1. The van der Waals surface area contributed by atoms with Gasteiger partial charge in [-0.25, -0.2) is 9.37 Å². The molecular weight excluding hydrogens is 463 g/mol. The number of imidazole rings is 1. The molecule has 1 saturated heterocycles. The molecule has 0 bridgehead atoms. The quantitative estimate of drug-likeness (QED) is 0.357. The molecule has 1 aliphatic rings. The first-order valence-corrected chi connectivity index (χ1v) is 11.7. The van der Waals surface area contributed by atoms with E-state index < -0.39 is 0 Å². The summed E-state index contributed by atoms with van der Waals surface area (Å²) in [6.45, 7) is 1.25. The van der Waals surface area contributed by atoms with Crippen LogP contribution in [0.2, 0.25) is 0 Å². The van der Waals surface area contributed by atoms with Crippen LogP contribution in [0.5, 0.6) is 11.5 Å². The average molecular weight is 491 g/mol. The summed E-state index contributed by atoms with van der Waals surface area (Å²) in [5.74, 6) is 1.61. The maximum Gasteiger partial charge on any atom is 0.208 e. The molecule has 2 aromatic carbocycles. The number of carbonyl (C=O) groups is 1. The second-order valence-electron chi connectivity index (χ2n) is 8.80. The third-order valence-electron chi connectivity index (χ3n) is 6.18. The van der Waals surface area contributed by atoms with Crippen molar-refractivity contribution in [3.8, 4) is 11.5 Å². The van der Waals surface area contributed by atoms with Crippen molar-refractivity contribution < 1.29 is 23.4 Å². The van der Waals surface area contributed by atoms with Crippen LogP contribution in [0, 0.1) is 5.82 Å². The molecule has 1 aliphatic heterocycles. The minimum atomic E-state index is -0.217. The third-order valence-corrected chi connectivity index (χ3v) is 6.18. The van der Waals surface area contributed by atoms with Gasteiger partial charge in [0, 0.05) is 50.7 Å². The fraction of sp³-hybridized carbons (Fsp3) is 0.296. The van der Waals surface area contributed by atoms with E-state index in [2.05, 4.69) is 10.3 Å². The Bertz CT molecular complexity index is 1400. The molecule has 3 heterocycles. The SMILES string of the molecule is COCC(=O)Cc1cc(Oc2ccc3c(c2)nc(Nc2ccc(F)c(C4CCOC4)c2)n3C)ccn1. The van der Waals surface area contributed by atoms with Crippen molar-refractivity contribution in [2.75, 3.05) is 32.2 Å². The van der Waals surface area contributed by atoms with Gasteiger partial charge in [0.2, 0.25) is 5.95 Å². The fourth-order valence-corrected chi connectivity index (χ4v) is 4.36. The molecule has 2 aromatic heterocycles. The molecule has 1 unspecified atom stereocenters. The Labute approximate surface area is 208 Å². The van der Waals surface area contributed by atoms with Gasteiger partial charge in [0.1, 0.15) is 23.9 Å². The Balaban J connectivity index is 1.34. The maximum absolute atomic E-state index is 14.4. The van der Waals surface area contributed by atoms with E-state index >= 15 is 0 Å². The number of halogens is 1. The summed E-state index contributed by atoms with van der Waals surface area (Å²) in [7, 11) is 3.40. The fourth-order valence-electron chi connectivity index (χ4n) is 4.36. The highest BCUT2D eigenvalue weighted by Crippen LogP contribution is 2.32. The predicted molar refractivity (Wildman–Crippen MR) is 133 cm³/mol. The summed E-state index contributed by atoms with van der Waals surface area (Å²) in [5.41, 5.74) is 3.70. The van der Waals surface area contributed by atoms with Crippen LogP contribution in [0.1, 0.15) is 23.6 Å². The molecule has 5 rings (SSSR count). The smallest absolute Gasteiger partial charge is 0.208 e. The van der Waals surface area contributed by atoms with Gasteiger partial charge in [0.05, 0.1) is 29.8 Å². The number of benzene rings is 2. The number of hydrogen-bond acceptors (Lipinski definition) is 7. The summed E-state index contributed by atoms with van der Waals surface area (Å²) in [6.07, 6.45) is 2.61. The van der Waals surface area contributed by atoms with Crippen molar-refractivity contribution in [3.05, 3.63) is 71.8 Å². The first-order chi connectivity index (χ1) is 17.5. The summed E-state index contributed by atoms with van der Waals surface area (Å²) < 4.78 is 32.7. The van der Waals surface area contributed by atoms with Crippen molar-refractivity contribution >= 4 is 28.5 Å². The number of methoxy groups -OCH3 is 1. The van der Waals surface area contributed by atoms with Gasteiger partial charge in [-0.3, -0.25) is 9.78 Å². The monoisotopic (exact) mass is 490 g/mol. The number of ketones is 1. The largest absolute Gasteiger partial charge is 0.457 e. The predicted octanol–water partition coefficient (Wildman–Crippen LogP) is 4.91. The lowest BCUT2D eigenvalue weighted by Crippen LogP contribution is -2.10. The van der Waals surface area contributed by atoms with Gasteiger partial charge in [-0.05, 0) is 48.4 Å². The van der Waals surface area contributed by atoms with E-state index in [1.165, 1.54) is 13.2 Å².